The number of nitrogens with zero attached hydrogens (tertiary/aromatic N) is 2. The van der Waals surface area contributed by atoms with E-state index in [1.165, 1.54) is 17.7 Å². The number of aryl methyl sites for hydroxylation is 1. The maximum absolute atomic E-state index is 12.4. The number of H-pyrrole nitrogens is 1. The molecular weight excluding hydrogens is 214 g/mol. The minimum Gasteiger partial charge on any atom is -0.337 e. The first-order valence-electron chi connectivity index (χ1n) is 6.61. The monoisotopic (exact) mass is 233 g/mol. The molecule has 1 fully saturated rings. The van der Waals surface area contributed by atoms with Crippen molar-refractivity contribution in [2.24, 2.45) is 5.92 Å². The molecule has 0 spiro atoms. The summed E-state index contributed by atoms with van der Waals surface area (Å²) < 4.78 is 0. The minimum atomic E-state index is 0.135. The molecule has 0 bridgehead atoms. The summed E-state index contributed by atoms with van der Waals surface area (Å²) in [6.45, 7) is 4.00. The Morgan fingerprint density at radius 2 is 2.29 bits per heavy atom. The fourth-order valence-corrected chi connectivity index (χ4v) is 3.02. The van der Waals surface area contributed by atoms with Crippen molar-refractivity contribution in [3.8, 4) is 0 Å². The van der Waals surface area contributed by atoms with E-state index < -0.39 is 0 Å². The molecule has 1 aliphatic carbocycles. The molecule has 4 nitrogen and oxygen atoms in total. The molecule has 2 heterocycles. The molecule has 0 saturated carbocycles. The van der Waals surface area contributed by atoms with Gasteiger partial charge < -0.3 is 4.90 Å². The number of hydrogen-bond donors (Lipinski definition) is 1. The van der Waals surface area contributed by atoms with Crippen LogP contribution in [0.5, 0.6) is 0 Å². The van der Waals surface area contributed by atoms with Crippen LogP contribution in [0.25, 0.3) is 0 Å². The van der Waals surface area contributed by atoms with Crippen LogP contribution >= 0.6 is 0 Å². The van der Waals surface area contributed by atoms with E-state index in [0.717, 1.165) is 38.8 Å². The zero-order chi connectivity index (χ0) is 11.8. The van der Waals surface area contributed by atoms with Gasteiger partial charge >= 0.3 is 0 Å². The van der Waals surface area contributed by atoms with Crippen molar-refractivity contribution in [2.75, 3.05) is 13.1 Å². The molecule has 1 N–H and O–H groups in total. The lowest BCUT2D eigenvalue weighted by Crippen LogP contribution is -2.39. The maximum Gasteiger partial charge on any atom is 0.274 e. The highest BCUT2D eigenvalue weighted by Crippen LogP contribution is 2.25. The largest absolute Gasteiger partial charge is 0.337 e. The van der Waals surface area contributed by atoms with Gasteiger partial charge in [0.1, 0.15) is 0 Å². The average molecular weight is 233 g/mol. The van der Waals surface area contributed by atoms with Gasteiger partial charge in [-0.05, 0) is 38.0 Å². The first-order chi connectivity index (χ1) is 8.25. The normalized spacial score (nSPS) is 23.8. The van der Waals surface area contributed by atoms with Crippen LogP contribution in [0, 0.1) is 5.92 Å². The molecule has 92 valence electrons. The summed E-state index contributed by atoms with van der Waals surface area (Å²) in [4.78, 5) is 14.4. The van der Waals surface area contributed by atoms with Crippen LogP contribution in [-0.2, 0) is 12.8 Å². The fourth-order valence-electron chi connectivity index (χ4n) is 3.02. The molecule has 1 atom stereocenters. The number of rotatable bonds is 1. The topological polar surface area (TPSA) is 49.0 Å². The van der Waals surface area contributed by atoms with E-state index in [1.807, 2.05) is 4.90 Å². The number of amides is 1. The molecule has 4 heteroatoms. The summed E-state index contributed by atoms with van der Waals surface area (Å²) in [5, 5.41) is 7.24. The van der Waals surface area contributed by atoms with Gasteiger partial charge in [0.2, 0.25) is 0 Å². The van der Waals surface area contributed by atoms with Gasteiger partial charge in [-0.15, -0.1) is 0 Å². The Hall–Kier alpha value is -1.32. The van der Waals surface area contributed by atoms with Crippen molar-refractivity contribution in [3.05, 3.63) is 17.0 Å². The molecule has 1 unspecified atom stereocenters. The summed E-state index contributed by atoms with van der Waals surface area (Å²) >= 11 is 0. The number of carbonyl (C=O) groups is 1. The molecule has 1 aliphatic heterocycles. The molecule has 2 aliphatic rings. The molecular formula is C13H19N3O. The Morgan fingerprint density at radius 1 is 1.41 bits per heavy atom. The zero-order valence-corrected chi connectivity index (χ0v) is 10.3. The van der Waals surface area contributed by atoms with Gasteiger partial charge in [-0.1, -0.05) is 6.92 Å². The van der Waals surface area contributed by atoms with Gasteiger partial charge in [-0.25, -0.2) is 0 Å². The highest BCUT2D eigenvalue weighted by molar-refractivity contribution is 5.94. The van der Waals surface area contributed by atoms with E-state index in [0.29, 0.717) is 11.6 Å². The quantitative estimate of drug-likeness (QED) is 0.803. The third-order valence-electron chi connectivity index (χ3n) is 3.95. The number of aromatic nitrogens is 2. The predicted octanol–water partition coefficient (Wildman–Crippen LogP) is 1.77. The first kappa shape index (κ1) is 10.8. The Kier molecular flexibility index (Phi) is 2.65. The van der Waals surface area contributed by atoms with Crippen molar-refractivity contribution in [3.63, 3.8) is 0 Å². The van der Waals surface area contributed by atoms with E-state index >= 15 is 0 Å². The molecule has 0 radical (unpaired) electrons. The Labute approximate surface area is 101 Å². The minimum absolute atomic E-state index is 0.135. The summed E-state index contributed by atoms with van der Waals surface area (Å²) in [7, 11) is 0. The van der Waals surface area contributed by atoms with Gasteiger partial charge in [0.25, 0.3) is 5.91 Å². The first-order valence-corrected chi connectivity index (χ1v) is 6.61. The van der Waals surface area contributed by atoms with Crippen LogP contribution in [-0.4, -0.2) is 34.1 Å². The van der Waals surface area contributed by atoms with Crippen LogP contribution in [0.4, 0.5) is 0 Å². The Balaban J connectivity index is 1.81. The van der Waals surface area contributed by atoms with Gasteiger partial charge in [-0.2, -0.15) is 5.10 Å². The second-order valence-electron chi connectivity index (χ2n) is 5.38. The summed E-state index contributed by atoms with van der Waals surface area (Å²) in [6.07, 6.45) is 5.57. The molecule has 17 heavy (non-hydrogen) atoms. The Bertz CT molecular complexity index is 438. The fraction of sp³-hybridized carbons (Fsp3) is 0.692. The lowest BCUT2D eigenvalue weighted by molar-refractivity contribution is 0.0676. The summed E-state index contributed by atoms with van der Waals surface area (Å²) in [5.41, 5.74) is 3.04. The van der Waals surface area contributed by atoms with Gasteiger partial charge in [0, 0.05) is 24.3 Å². The maximum atomic E-state index is 12.4. The van der Waals surface area contributed by atoms with E-state index in [-0.39, 0.29) is 5.91 Å². The van der Waals surface area contributed by atoms with E-state index in [2.05, 4.69) is 17.1 Å². The van der Waals surface area contributed by atoms with Crippen molar-refractivity contribution in [2.45, 2.75) is 39.0 Å². The van der Waals surface area contributed by atoms with Crippen molar-refractivity contribution < 1.29 is 4.79 Å². The molecule has 0 aromatic carbocycles. The highest BCUT2D eigenvalue weighted by Gasteiger charge is 2.28. The number of hydrogen-bond acceptors (Lipinski definition) is 2. The third-order valence-corrected chi connectivity index (χ3v) is 3.95. The van der Waals surface area contributed by atoms with Crippen LogP contribution in [0.1, 0.15) is 47.9 Å². The van der Waals surface area contributed by atoms with Crippen molar-refractivity contribution >= 4 is 5.91 Å². The van der Waals surface area contributed by atoms with Crippen LogP contribution in [0.15, 0.2) is 0 Å². The van der Waals surface area contributed by atoms with E-state index in [1.54, 1.807) is 0 Å². The van der Waals surface area contributed by atoms with Crippen molar-refractivity contribution in [1.29, 1.82) is 0 Å². The molecule has 1 aromatic heterocycles. The molecule has 1 aromatic rings. The zero-order valence-electron chi connectivity index (χ0n) is 10.3. The van der Waals surface area contributed by atoms with Crippen LogP contribution in [0.3, 0.4) is 0 Å². The number of nitrogens with one attached hydrogen (secondary N) is 1. The summed E-state index contributed by atoms with van der Waals surface area (Å²) in [6, 6.07) is 0. The lowest BCUT2D eigenvalue weighted by Gasteiger charge is -2.30. The number of likely N-dealkylation sites (tertiary alicyclic amines) is 1. The standard InChI is InChI=1S/C13H19N3O/c1-9-4-3-7-16(8-9)13(17)12-10-5-2-6-11(10)14-15-12/h9H,2-8H2,1H3,(H,14,15). The SMILES string of the molecule is CC1CCCN(C(=O)c2n[nH]c3c2CCC3)C1. The smallest absolute Gasteiger partial charge is 0.274 e. The molecule has 1 saturated heterocycles. The Morgan fingerprint density at radius 3 is 3.12 bits per heavy atom. The average Bonchev–Trinajstić information content (AvgIpc) is 2.89. The number of aromatic amines is 1. The third kappa shape index (κ3) is 1.85. The molecule has 3 rings (SSSR count). The second kappa shape index (κ2) is 4.17. The molecule has 1 amide bonds. The lowest BCUT2D eigenvalue weighted by atomic mass is 10.00. The van der Waals surface area contributed by atoms with E-state index in [9.17, 15) is 4.79 Å². The predicted molar refractivity (Wildman–Crippen MR) is 64.9 cm³/mol. The number of fused-ring (bicyclic) bond motifs is 1. The van der Waals surface area contributed by atoms with Gasteiger partial charge in [-0.3, -0.25) is 9.89 Å². The second-order valence-corrected chi connectivity index (χ2v) is 5.38. The number of piperidine rings is 1. The number of carbonyl (C=O) groups excluding carboxylic acids is 1. The van der Waals surface area contributed by atoms with Crippen LogP contribution in [0.2, 0.25) is 0 Å². The van der Waals surface area contributed by atoms with E-state index in [4.69, 9.17) is 0 Å². The van der Waals surface area contributed by atoms with Gasteiger partial charge in [0.15, 0.2) is 5.69 Å². The summed E-state index contributed by atoms with van der Waals surface area (Å²) in [5.74, 6) is 0.760. The van der Waals surface area contributed by atoms with Gasteiger partial charge in [0.05, 0.1) is 0 Å². The highest BCUT2D eigenvalue weighted by atomic mass is 16.2. The van der Waals surface area contributed by atoms with Crippen molar-refractivity contribution in [1.82, 2.24) is 15.1 Å². The van der Waals surface area contributed by atoms with Crippen LogP contribution < -0.4 is 0 Å².